The molecule has 1 aromatic heterocycles. The molecule has 0 spiro atoms. The molecule has 0 aliphatic carbocycles. The Morgan fingerprint density at radius 3 is 2.67 bits per heavy atom. The molecule has 0 aliphatic heterocycles. The van der Waals surface area contributed by atoms with Crippen molar-refractivity contribution in [3.05, 3.63) is 51.5 Å². The second kappa shape index (κ2) is 6.65. The highest BCUT2D eigenvalue weighted by molar-refractivity contribution is 7.89. The fourth-order valence-corrected chi connectivity index (χ4v) is 4.62. The minimum Gasteiger partial charge on any atom is -0.315 e. The van der Waals surface area contributed by atoms with Crippen molar-refractivity contribution < 1.29 is 12.8 Å². The summed E-state index contributed by atoms with van der Waals surface area (Å²) in [6.07, 6.45) is 0. The lowest BCUT2D eigenvalue weighted by Gasteiger charge is -2.06. The van der Waals surface area contributed by atoms with Gasteiger partial charge in [0.1, 0.15) is 5.82 Å². The summed E-state index contributed by atoms with van der Waals surface area (Å²) < 4.78 is 40.2. The molecule has 0 saturated carbocycles. The molecule has 2 N–H and O–H groups in total. The second-order valence-electron chi connectivity index (χ2n) is 4.62. The number of sulfonamides is 1. The van der Waals surface area contributed by atoms with Crippen LogP contribution >= 0.6 is 11.3 Å². The first-order valence-electron chi connectivity index (χ1n) is 6.40. The molecule has 7 heteroatoms. The molecular formula is C14H17FN2O2S2. The minimum absolute atomic E-state index is 0.0662. The normalized spacial score (nSPS) is 11.8. The third-order valence-electron chi connectivity index (χ3n) is 2.92. The highest BCUT2D eigenvalue weighted by Gasteiger charge is 2.19. The van der Waals surface area contributed by atoms with Crippen LogP contribution < -0.4 is 10.0 Å². The standard InChI is InChI=1S/C14H17FN2O2S2/c1-10-14(7-13(20-10)9-16-2)21(18,19)17-8-11-4-3-5-12(15)6-11/h3-7,16-17H,8-9H2,1-2H3. The first-order valence-corrected chi connectivity index (χ1v) is 8.70. The zero-order valence-corrected chi connectivity index (χ0v) is 13.4. The molecule has 0 radical (unpaired) electrons. The first kappa shape index (κ1) is 16.1. The van der Waals surface area contributed by atoms with E-state index < -0.39 is 10.0 Å². The molecule has 4 nitrogen and oxygen atoms in total. The minimum atomic E-state index is -3.59. The third kappa shape index (κ3) is 4.10. The van der Waals surface area contributed by atoms with Crippen molar-refractivity contribution >= 4 is 21.4 Å². The van der Waals surface area contributed by atoms with Crippen LogP contribution in [0.3, 0.4) is 0 Å². The van der Waals surface area contributed by atoms with Gasteiger partial charge in [-0.15, -0.1) is 11.3 Å². The average Bonchev–Trinajstić information content (AvgIpc) is 2.79. The average molecular weight is 328 g/mol. The lowest BCUT2D eigenvalue weighted by Crippen LogP contribution is -2.23. The molecule has 21 heavy (non-hydrogen) atoms. The number of halogens is 1. The molecule has 0 bridgehead atoms. The van der Waals surface area contributed by atoms with Crippen molar-refractivity contribution in [1.29, 1.82) is 0 Å². The van der Waals surface area contributed by atoms with Crippen LogP contribution in [0.4, 0.5) is 4.39 Å². The Morgan fingerprint density at radius 1 is 1.24 bits per heavy atom. The van der Waals surface area contributed by atoms with Crippen LogP contribution in [0.5, 0.6) is 0 Å². The molecule has 0 saturated heterocycles. The Hall–Kier alpha value is -1.28. The van der Waals surface area contributed by atoms with Gasteiger partial charge in [-0.05, 0) is 37.7 Å². The predicted octanol–water partition coefficient (Wildman–Crippen LogP) is 2.39. The highest BCUT2D eigenvalue weighted by Crippen LogP contribution is 2.25. The van der Waals surface area contributed by atoms with Gasteiger partial charge in [-0.2, -0.15) is 0 Å². The fraction of sp³-hybridized carbons (Fsp3) is 0.286. The number of hydrogen-bond acceptors (Lipinski definition) is 4. The SMILES string of the molecule is CNCc1cc(S(=O)(=O)NCc2cccc(F)c2)c(C)s1. The van der Waals surface area contributed by atoms with Gasteiger partial charge in [0.05, 0.1) is 4.90 Å². The molecule has 1 aromatic carbocycles. The number of hydrogen-bond donors (Lipinski definition) is 2. The number of benzene rings is 1. The van der Waals surface area contributed by atoms with E-state index in [1.165, 1.54) is 23.5 Å². The van der Waals surface area contributed by atoms with Crippen LogP contribution in [0, 0.1) is 12.7 Å². The summed E-state index contributed by atoms with van der Waals surface area (Å²) in [5.74, 6) is -0.380. The van der Waals surface area contributed by atoms with E-state index in [1.54, 1.807) is 25.1 Å². The van der Waals surface area contributed by atoms with Crippen molar-refractivity contribution in [1.82, 2.24) is 10.0 Å². The van der Waals surface area contributed by atoms with Gasteiger partial charge in [-0.25, -0.2) is 17.5 Å². The van der Waals surface area contributed by atoms with Crippen LogP contribution in [0.15, 0.2) is 35.2 Å². The molecule has 0 unspecified atom stereocenters. The van der Waals surface area contributed by atoms with Crippen molar-refractivity contribution in [3.8, 4) is 0 Å². The molecule has 0 fully saturated rings. The van der Waals surface area contributed by atoms with Gasteiger partial charge in [0.15, 0.2) is 0 Å². The highest BCUT2D eigenvalue weighted by atomic mass is 32.2. The summed E-state index contributed by atoms with van der Waals surface area (Å²) in [7, 11) is -1.78. The van der Waals surface area contributed by atoms with Crippen LogP contribution in [0.2, 0.25) is 0 Å². The molecular weight excluding hydrogens is 311 g/mol. The van der Waals surface area contributed by atoms with E-state index in [0.29, 0.717) is 12.1 Å². The largest absolute Gasteiger partial charge is 0.315 e. The van der Waals surface area contributed by atoms with Gasteiger partial charge in [0.2, 0.25) is 10.0 Å². The predicted molar refractivity (Wildman–Crippen MR) is 82.2 cm³/mol. The van der Waals surface area contributed by atoms with Crippen LogP contribution in [-0.2, 0) is 23.1 Å². The maximum absolute atomic E-state index is 13.1. The lowest BCUT2D eigenvalue weighted by atomic mass is 10.2. The number of rotatable bonds is 6. The summed E-state index contributed by atoms with van der Waals surface area (Å²) >= 11 is 1.45. The quantitative estimate of drug-likeness (QED) is 0.856. The third-order valence-corrected chi connectivity index (χ3v) is 5.63. The van der Waals surface area contributed by atoms with Gasteiger partial charge in [-0.1, -0.05) is 12.1 Å². The monoisotopic (exact) mass is 328 g/mol. The second-order valence-corrected chi connectivity index (χ2v) is 7.69. The van der Waals surface area contributed by atoms with E-state index >= 15 is 0 Å². The number of nitrogens with one attached hydrogen (secondary N) is 2. The Kier molecular flexibility index (Phi) is 5.10. The lowest BCUT2D eigenvalue weighted by molar-refractivity contribution is 0.580. The number of aryl methyl sites for hydroxylation is 1. The molecule has 2 aromatic rings. The van der Waals surface area contributed by atoms with Gasteiger partial charge in [-0.3, -0.25) is 0 Å². The van der Waals surface area contributed by atoms with E-state index in [1.807, 2.05) is 7.05 Å². The van der Waals surface area contributed by atoms with Crippen molar-refractivity contribution in [2.24, 2.45) is 0 Å². The van der Waals surface area contributed by atoms with E-state index in [-0.39, 0.29) is 17.3 Å². The molecule has 0 aliphatic rings. The Morgan fingerprint density at radius 2 is 2.00 bits per heavy atom. The maximum atomic E-state index is 13.1. The van der Waals surface area contributed by atoms with Crippen molar-refractivity contribution in [3.63, 3.8) is 0 Å². The summed E-state index contributed by atoms with van der Waals surface area (Å²) in [5.41, 5.74) is 0.585. The topological polar surface area (TPSA) is 58.2 Å². The van der Waals surface area contributed by atoms with Crippen molar-refractivity contribution in [2.45, 2.75) is 24.9 Å². The van der Waals surface area contributed by atoms with Gasteiger partial charge in [0.25, 0.3) is 0 Å². The summed E-state index contributed by atoms with van der Waals surface area (Å²) in [6.45, 7) is 2.47. The number of thiophene rings is 1. The molecule has 2 rings (SSSR count). The Balaban J connectivity index is 2.15. The summed E-state index contributed by atoms with van der Waals surface area (Å²) in [4.78, 5) is 1.99. The Bertz CT molecular complexity index is 726. The molecule has 0 atom stereocenters. The van der Waals surface area contributed by atoms with Crippen LogP contribution in [0.25, 0.3) is 0 Å². The molecule has 114 valence electrons. The first-order chi connectivity index (χ1) is 9.92. The van der Waals surface area contributed by atoms with Crippen LogP contribution in [-0.4, -0.2) is 15.5 Å². The molecule has 0 amide bonds. The molecule has 1 heterocycles. The van der Waals surface area contributed by atoms with Gasteiger partial charge in [0, 0.05) is 22.8 Å². The van der Waals surface area contributed by atoms with Crippen molar-refractivity contribution in [2.75, 3.05) is 7.05 Å². The van der Waals surface area contributed by atoms with Gasteiger partial charge >= 0.3 is 0 Å². The zero-order chi connectivity index (χ0) is 15.5. The van der Waals surface area contributed by atoms with E-state index in [9.17, 15) is 12.8 Å². The van der Waals surface area contributed by atoms with E-state index in [0.717, 1.165) is 9.75 Å². The van der Waals surface area contributed by atoms with Gasteiger partial charge < -0.3 is 5.32 Å². The van der Waals surface area contributed by atoms with Crippen LogP contribution in [0.1, 0.15) is 15.3 Å². The fourth-order valence-electron chi connectivity index (χ4n) is 1.96. The Labute approximate surface area is 128 Å². The summed E-state index contributed by atoms with van der Waals surface area (Å²) in [6, 6.07) is 7.54. The van der Waals surface area contributed by atoms with E-state index in [4.69, 9.17) is 0 Å². The maximum Gasteiger partial charge on any atom is 0.241 e. The smallest absolute Gasteiger partial charge is 0.241 e. The summed E-state index contributed by atoms with van der Waals surface area (Å²) in [5, 5.41) is 2.99. The van der Waals surface area contributed by atoms with E-state index in [2.05, 4.69) is 10.0 Å². The zero-order valence-electron chi connectivity index (χ0n) is 11.8.